The Bertz CT molecular complexity index is 1310. The molecule has 0 saturated heterocycles. The van der Waals surface area contributed by atoms with Gasteiger partial charge in [-0.15, -0.1) is 0 Å². The molecular weight excluding hydrogens is 362 g/mol. The molecule has 0 radical (unpaired) electrons. The third-order valence-electron chi connectivity index (χ3n) is 6.09. The van der Waals surface area contributed by atoms with Crippen molar-refractivity contribution in [3.8, 4) is 0 Å². The second-order valence-electron chi connectivity index (χ2n) is 8.87. The maximum atomic E-state index is 3.77. The van der Waals surface area contributed by atoms with Gasteiger partial charge in [0.05, 0.1) is 0 Å². The van der Waals surface area contributed by atoms with E-state index in [0.29, 0.717) is 0 Å². The van der Waals surface area contributed by atoms with Gasteiger partial charge in [-0.1, -0.05) is 105 Å². The van der Waals surface area contributed by atoms with E-state index in [1.165, 1.54) is 43.6 Å². The molecule has 1 nitrogen and oxygen atoms in total. The van der Waals surface area contributed by atoms with Crippen molar-refractivity contribution in [1.29, 1.82) is 0 Å². The van der Waals surface area contributed by atoms with E-state index in [0.717, 1.165) is 0 Å². The summed E-state index contributed by atoms with van der Waals surface area (Å²) in [6, 6.07) is 24.5. The van der Waals surface area contributed by atoms with Crippen LogP contribution in [0, 0.1) is 5.41 Å². The molecule has 148 valence electrons. The van der Waals surface area contributed by atoms with Gasteiger partial charge in [-0.25, -0.2) is 0 Å². The lowest BCUT2D eigenvalue weighted by Gasteiger charge is -2.22. The Morgan fingerprint density at radius 3 is 1.93 bits per heavy atom. The molecule has 4 aromatic rings. The van der Waals surface area contributed by atoms with Crippen molar-refractivity contribution in [1.82, 2.24) is 5.32 Å². The summed E-state index contributed by atoms with van der Waals surface area (Å²) in [5.41, 5.74) is 2.53. The number of hydrogen-bond donors (Lipinski definition) is 1. The minimum absolute atomic E-state index is 0.0349. The topological polar surface area (TPSA) is 12.0 Å². The minimum Gasteiger partial charge on any atom is -0.379 e. The van der Waals surface area contributed by atoms with Crippen LogP contribution in [0.4, 0.5) is 0 Å². The Morgan fingerprint density at radius 1 is 0.700 bits per heavy atom. The summed E-state index contributed by atoms with van der Waals surface area (Å²) in [4.78, 5) is 0. The molecule has 0 aliphatic heterocycles. The zero-order valence-electron chi connectivity index (χ0n) is 17.8. The number of allylic oxidation sites excluding steroid dienone is 5. The smallest absolute Gasteiger partial charge is 0.0491 e. The van der Waals surface area contributed by atoms with Crippen LogP contribution in [0.15, 0.2) is 103 Å². The summed E-state index contributed by atoms with van der Waals surface area (Å²) < 4.78 is 0. The summed E-state index contributed by atoms with van der Waals surface area (Å²) in [6.07, 6.45) is 11.0. The molecular formula is C29H27N. The third kappa shape index (κ3) is 3.21. The number of nitrogens with one attached hydrogen (secondary N) is 1. The van der Waals surface area contributed by atoms with Crippen molar-refractivity contribution in [3.63, 3.8) is 0 Å². The maximum absolute atomic E-state index is 3.77. The van der Waals surface area contributed by atoms with Gasteiger partial charge in [0.25, 0.3) is 0 Å². The van der Waals surface area contributed by atoms with Gasteiger partial charge in [-0.2, -0.15) is 0 Å². The zero-order valence-corrected chi connectivity index (χ0v) is 17.8. The Balaban J connectivity index is 1.72. The van der Waals surface area contributed by atoms with E-state index in [-0.39, 0.29) is 11.5 Å². The van der Waals surface area contributed by atoms with Crippen LogP contribution < -0.4 is 5.32 Å². The molecule has 1 unspecified atom stereocenters. The highest BCUT2D eigenvalue weighted by atomic mass is 14.9. The second-order valence-corrected chi connectivity index (χ2v) is 8.87. The van der Waals surface area contributed by atoms with Crippen LogP contribution in [0.25, 0.3) is 32.3 Å². The number of hydrogen-bond acceptors (Lipinski definition) is 1. The van der Waals surface area contributed by atoms with Crippen LogP contribution in [0.5, 0.6) is 0 Å². The lowest BCUT2D eigenvalue weighted by Crippen LogP contribution is -2.19. The largest absolute Gasteiger partial charge is 0.379 e. The molecule has 1 aliphatic rings. The quantitative estimate of drug-likeness (QED) is 0.352. The van der Waals surface area contributed by atoms with Crippen LogP contribution in [-0.2, 0) is 0 Å². The molecule has 0 saturated carbocycles. The van der Waals surface area contributed by atoms with Crippen molar-refractivity contribution in [2.75, 3.05) is 0 Å². The highest BCUT2D eigenvalue weighted by Crippen LogP contribution is 2.38. The molecule has 1 N–H and O–H groups in total. The van der Waals surface area contributed by atoms with Crippen molar-refractivity contribution in [2.45, 2.75) is 26.8 Å². The van der Waals surface area contributed by atoms with Crippen LogP contribution in [0.2, 0.25) is 0 Å². The minimum atomic E-state index is 0.0349. The van der Waals surface area contributed by atoms with Gasteiger partial charge < -0.3 is 5.32 Å². The first kappa shape index (κ1) is 18.7. The Morgan fingerprint density at radius 2 is 1.27 bits per heavy atom. The van der Waals surface area contributed by atoms with Crippen molar-refractivity contribution < 1.29 is 0 Å². The van der Waals surface area contributed by atoms with E-state index in [1.807, 2.05) is 0 Å². The summed E-state index contributed by atoms with van der Waals surface area (Å²) in [5, 5.41) is 11.7. The predicted octanol–water partition coefficient (Wildman–Crippen LogP) is 7.83. The summed E-state index contributed by atoms with van der Waals surface area (Å²) in [6.45, 7) is 6.74. The van der Waals surface area contributed by atoms with Crippen LogP contribution >= 0.6 is 0 Å². The molecule has 1 aliphatic carbocycles. The predicted molar refractivity (Wildman–Crippen MR) is 131 cm³/mol. The molecule has 0 fully saturated rings. The highest BCUT2D eigenvalue weighted by Gasteiger charge is 2.17. The van der Waals surface area contributed by atoms with Gasteiger partial charge in [0.2, 0.25) is 0 Å². The van der Waals surface area contributed by atoms with Gasteiger partial charge >= 0.3 is 0 Å². The van der Waals surface area contributed by atoms with E-state index < -0.39 is 0 Å². The standard InChI is InChI=1S/C29H27N/c1-20(30-21-11-8-9-18-29(2,3)19-21)22-16-10-17-27-25-13-5-4-12-23(25)24-14-6-7-15-26(24)28(22)27/h4-20,30H,1-3H3. The SMILES string of the molecule is CC(NC1=CC(C)(C)C=CC=C1)c1cccc2c3ccccc3c3ccccc3c12. The molecule has 0 spiro atoms. The Labute approximate surface area is 178 Å². The fourth-order valence-electron chi connectivity index (χ4n) is 4.72. The van der Waals surface area contributed by atoms with E-state index in [2.05, 4.69) is 123 Å². The molecule has 4 aromatic carbocycles. The van der Waals surface area contributed by atoms with Gasteiger partial charge in [-0.05, 0) is 50.9 Å². The molecule has 0 aromatic heterocycles. The van der Waals surface area contributed by atoms with Gasteiger partial charge in [0.15, 0.2) is 0 Å². The number of rotatable bonds is 3. The molecule has 5 rings (SSSR count). The van der Waals surface area contributed by atoms with Crippen LogP contribution in [0.1, 0.15) is 32.4 Å². The van der Waals surface area contributed by atoms with Crippen molar-refractivity contribution >= 4 is 32.3 Å². The molecule has 0 amide bonds. The zero-order chi connectivity index (χ0) is 20.7. The molecule has 0 bridgehead atoms. The normalized spacial score (nSPS) is 16.6. The van der Waals surface area contributed by atoms with E-state index in [4.69, 9.17) is 0 Å². The second kappa shape index (κ2) is 7.18. The lowest BCUT2D eigenvalue weighted by molar-refractivity contribution is 0.601. The van der Waals surface area contributed by atoms with E-state index in [1.54, 1.807) is 0 Å². The first-order chi connectivity index (χ1) is 14.5. The molecule has 1 heteroatoms. The van der Waals surface area contributed by atoms with Crippen LogP contribution in [0.3, 0.4) is 0 Å². The highest BCUT2D eigenvalue weighted by molar-refractivity contribution is 6.26. The van der Waals surface area contributed by atoms with E-state index in [9.17, 15) is 0 Å². The van der Waals surface area contributed by atoms with Gasteiger partial charge in [0, 0.05) is 17.2 Å². The lowest BCUT2D eigenvalue weighted by atomic mass is 9.89. The van der Waals surface area contributed by atoms with Crippen LogP contribution in [-0.4, -0.2) is 0 Å². The Hall–Kier alpha value is -3.32. The summed E-state index contributed by atoms with van der Waals surface area (Å²) >= 11 is 0. The average molecular weight is 390 g/mol. The molecule has 30 heavy (non-hydrogen) atoms. The van der Waals surface area contributed by atoms with Crippen molar-refractivity contribution in [3.05, 3.63) is 108 Å². The third-order valence-corrected chi connectivity index (χ3v) is 6.09. The van der Waals surface area contributed by atoms with Gasteiger partial charge in [0.1, 0.15) is 0 Å². The monoisotopic (exact) mass is 389 g/mol. The van der Waals surface area contributed by atoms with E-state index >= 15 is 0 Å². The Kier molecular flexibility index (Phi) is 4.47. The summed E-state index contributed by atoms with van der Waals surface area (Å²) in [5.74, 6) is 0. The van der Waals surface area contributed by atoms with Crippen molar-refractivity contribution in [2.24, 2.45) is 5.41 Å². The fourth-order valence-corrected chi connectivity index (χ4v) is 4.72. The average Bonchev–Trinajstić information content (AvgIpc) is 2.93. The molecule has 0 heterocycles. The van der Waals surface area contributed by atoms with Gasteiger partial charge in [-0.3, -0.25) is 0 Å². The number of benzene rings is 4. The first-order valence-electron chi connectivity index (χ1n) is 10.7. The summed E-state index contributed by atoms with van der Waals surface area (Å²) in [7, 11) is 0. The first-order valence-corrected chi connectivity index (χ1v) is 10.7. The fraction of sp³-hybridized carbons (Fsp3) is 0.172. The molecule has 1 atom stereocenters. The number of fused-ring (bicyclic) bond motifs is 6. The maximum Gasteiger partial charge on any atom is 0.0491 e.